The first-order valence-corrected chi connectivity index (χ1v) is 10.7. The number of carbonyl (C=O) groups is 3. The first kappa shape index (κ1) is 24.9. The van der Waals surface area contributed by atoms with Crippen molar-refractivity contribution in [3.05, 3.63) is 29.8 Å². The van der Waals surface area contributed by atoms with Crippen molar-refractivity contribution in [3.8, 4) is 5.75 Å². The van der Waals surface area contributed by atoms with E-state index in [1.165, 1.54) is 14.0 Å². The second-order valence-corrected chi connectivity index (χ2v) is 9.31. The van der Waals surface area contributed by atoms with Crippen LogP contribution in [0.25, 0.3) is 0 Å². The summed E-state index contributed by atoms with van der Waals surface area (Å²) in [5, 5.41) is 11.1. The Morgan fingerprint density at radius 3 is 2.23 bits per heavy atom. The van der Waals surface area contributed by atoms with Crippen LogP contribution in [-0.4, -0.2) is 48.8 Å². The molecule has 1 aromatic carbocycles. The first-order valence-electron chi connectivity index (χ1n) is 10.7. The molecule has 31 heavy (non-hydrogen) atoms. The van der Waals surface area contributed by atoms with Gasteiger partial charge in [-0.05, 0) is 36.5 Å². The van der Waals surface area contributed by atoms with E-state index in [-0.39, 0.29) is 31.5 Å². The van der Waals surface area contributed by atoms with Gasteiger partial charge in [0.2, 0.25) is 0 Å². The van der Waals surface area contributed by atoms with Gasteiger partial charge in [0.1, 0.15) is 11.7 Å². The molecule has 0 unspecified atom stereocenters. The van der Waals surface area contributed by atoms with Crippen LogP contribution in [0.2, 0.25) is 0 Å². The molecule has 1 aromatic rings. The van der Waals surface area contributed by atoms with Crippen LogP contribution in [0.15, 0.2) is 24.3 Å². The largest absolute Gasteiger partial charge is 0.497 e. The summed E-state index contributed by atoms with van der Waals surface area (Å²) in [5.41, 5.74) is -1.14. The molecule has 2 rings (SSSR count). The molecule has 0 radical (unpaired) electrons. The average molecular weight is 435 g/mol. The number of esters is 2. The molecule has 0 heterocycles. The highest BCUT2D eigenvalue weighted by Crippen LogP contribution is 2.47. The van der Waals surface area contributed by atoms with Crippen molar-refractivity contribution >= 4 is 17.7 Å². The summed E-state index contributed by atoms with van der Waals surface area (Å²) < 4.78 is 16.1. The fourth-order valence-corrected chi connectivity index (χ4v) is 3.94. The smallest absolute Gasteiger partial charge is 0.317 e. The summed E-state index contributed by atoms with van der Waals surface area (Å²) in [6.07, 6.45) is -0.337. The first-order chi connectivity index (χ1) is 14.5. The third-order valence-corrected chi connectivity index (χ3v) is 5.37. The lowest BCUT2D eigenvalue weighted by Gasteiger charge is -2.43. The molecule has 0 amide bonds. The van der Waals surface area contributed by atoms with E-state index < -0.39 is 41.1 Å². The zero-order valence-corrected chi connectivity index (χ0v) is 19.2. The Morgan fingerprint density at radius 1 is 1.10 bits per heavy atom. The maximum absolute atomic E-state index is 13.1. The molecular weight excluding hydrogens is 400 g/mol. The number of carbonyl (C=O) groups excluding carboxylic acids is 3. The molecule has 0 spiro atoms. The van der Waals surface area contributed by atoms with Gasteiger partial charge < -0.3 is 19.3 Å². The number of methoxy groups -OCH3 is 1. The van der Waals surface area contributed by atoms with E-state index in [4.69, 9.17) is 14.2 Å². The standard InChI is InChI=1S/C24H34O7/c1-14(2)12-30-22(26)20-18(25)11-24(5,28)21(23(27)31-13-15(3)4)19(20)16-8-7-9-17(10-16)29-6/h7-10,14-15,19-21,28H,11-13H2,1-6H3/t19-,20+,21-,24+/m0/s1. The van der Waals surface area contributed by atoms with Gasteiger partial charge in [-0.1, -0.05) is 39.8 Å². The predicted octanol–water partition coefficient (Wildman–Crippen LogP) is 3.13. The lowest BCUT2D eigenvalue weighted by molar-refractivity contribution is -0.173. The SMILES string of the molecule is COc1cccc([C@H]2[C@H](C(=O)OCC(C)C)C(=O)C[C@@](C)(O)[C@@H]2C(=O)OCC(C)C)c1. The molecule has 1 N–H and O–H groups in total. The van der Waals surface area contributed by atoms with Gasteiger partial charge >= 0.3 is 11.9 Å². The minimum atomic E-state index is -1.67. The quantitative estimate of drug-likeness (QED) is 0.496. The van der Waals surface area contributed by atoms with Crippen molar-refractivity contribution in [3.63, 3.8) is 0 Å². The van der Waals surface area contributed by atoms with Crippen molar-refractivity contribution in [1.82, 2.24) is 0 Å². The van der Waals surface area contributed by atoms with Gasteiger partial charge in [0.15, 0.2) is 5.78 Å². The maximum Gasteiger partial charge on any atom is 0.317 e. The third kappa shape index (κ3) is 6.06. The molecule has 7 heteroatoms. The van der Waals surface area contributed by atoms with E-state index in [0.717, 1.165) is 0 Å². The van der Waals surface area contributed by atoms with Gasteiger partial charge in [0.05, 0.1) is 31.8 Å². The van der Waals surface area contributed by atoms with E-state index in [2.05, 4.69) is 0 Å². The van der Waals surface area contributed by atoms with Crippen LogP contribution in [0.4, 0.5) is 0 Å². The molecule has 1 saturated carbocycles. The van der Waals surface area contributed by atoms with Crippen LogP contribution in [0.1, 0.15) is 52.5 Å². The summed E-state index contributed by atoms with van der Waals surface area (Å²) in [5.74, 6) is -4.36. The van der Waals surface area contributed by atoms with Crippen molar-refractivity contribution in [2.75, 3.05) is 20.3 Å². The second kappa shape index (κ2) is 10.3. The predicted molar refractivity (Wildman–Crippen MR) is 115 cm³/mol. The summed E-state index contributed by atoms with van der Waals surface area (Å²) in [4.78, 5) is 39.1. The molecule has 0 saturated heterocycles. The summed E-state index contributed by atoms with van der Waals surface area (Å²) in [6, 6.07) is 6.83. The Balaban J connectivity index is 2.55. The minimum absolute atomic E-state index is 0.0906. The van der Waals surface area contributed by atoms with Gasteiger partial charge in [-0.25, -0.2) is 0 Å². The van der Waals surface area contributed by atoms with Crippen LogP contribution in [0.3, 0.4) is 0 Å². The van der Waals surface area contributed by atoms with E-state index >= 15 is 0 Å². The maximum atomic E-state index is 13.1. The number of rotatable bonds is 8. The van der Waals surface area contributed by atoms with E-state index in [1.54, 1.807) is 24.3 Å². The number of aliphatic hydroxyl groups is 1. The molecule has 0 aliphatic heterocycles. The third-order valence-electron chi connectivity index (χ3n) is 5.37. The highest BCUT2D eigenvalue weighted by atomic mass is 16.5. The van der Waals surface area contributed by atoms with Crippen molar-refractivity contribution in [2.24, 2.45) is 23.7 Å². The Kier molecular flexibility index (Phi) is 8.23. The summed E-state index contributed by atoms with van der Waals surface area (Å²) in [6.45, 7) is 9.37. The summed E-state index contributed by atoms with van der Waals surface area (Å²) in [7, 11) is 1.50. The Morgan fingerprint density at radius 2 is 1.68 bits per heavy atom. The molecule has 172 valence electrons. The minimum Gasteiger partial charge on any atom is -0.497 e. The van der Waals surface area contributed by atoms with E-state index in [9.17, 15) is 19.5 Å². The topological polar surface area (TPSA) is 99.1 Å². The zero-order chi connectivity index (χ0) is 23.3. The average Bonchev–Trinajstić information content (AvgIpc) is 2.69. The molecule has 7 nitrogen and oxygen atoms in total. The van der Waals surface area contributed by atoms with Gasteiger partial charge in [-0.3, -0.25) is 14.4 Å². The van der Waals surface area contributed by atoms with Crippen molar-refractivity contribution in [1.29, 1.82) is 0 Å². The monoisotopic (exact) mass is 434 g/mol. The lowest BCUT2D eigenvalue weighted by Crippen LogP contribution is -2.55. The van der Waals surface area contributed by atoms with Crippen molar-refractivity contribution < 1.29 is 33.7 Å². The molecule has 1 fully saturated rings. The van der Waals surface area contributed by atoms with Crippen LogP contribution < -0.4 is 4.74 Å². The normalized spacial score (nSPS) is 26.1. The molecule has 1 aliphatic carbocycles. The number of hydrogen-bond donors (Lipinski definition) is 1. The highest BCUT2D eigenvalue weighted by Gasteiger charge is 2.57. The van der Waals surface area contributed by atoms with Gasteiger partial charge in [0.25, 0.3) is 0 Å². The molecule has 1 aliphatic rings. The van der Waals surface area contributed by atoms with Crippen LogP contribution in [0, 0.1) is 23.7 Å². The van der Waals surface area contributed by atoms with Crippen LogP contribution in [0.5, 0.6) is 5.75 Å². The lowest BCUT2D eigenvalue weighted by atomic mass is 9.61. The Bertz CT molecular complexity index is 797. The van der Waals surface area contributed by atoms with Crippen LogP contribution in [-0.2, 0) is 23.9 Å². The molecular formula is C24H34O7. The number of hydrogen-bond acceptors (Lipinski definition) is 7. The van der Waals surface area contributed by atoms with Gasteiger partial charge in [0, 0.05) is 12.3 Å². The van der Waals surface area contributed by atoms with Crippen LogP contribution >= 0.6 is 0 Å². The highest BCUT2D eigenvalue weighted by molar-refractivity contribution is 6.02. The van der Waals surface area contributed by atoms with Crippen molar-refractivity contribution in [2.45, 2.75) is 52.6 Å². The zero-order valence-electron chi connectivity index (χ0n) is 19.2. The van der Waals surface area contributed by atoms with Gasteiger partial charge in [-0.15, -0.1) is 0 Å². The fraction of sp³-hybridized carbons (Fsp3) is 0.625. The van der Waals surface area contributed by atoms with E-state index in [0.29, 0.717) is 11.3 Å². The summed E-state index contributed by atoms with van der Waals surface area (Å²) >= 11 is 0. The molecule has 0 aromatic heterocycles. The number of benzene rings is 1. The van der Waals surface area contributed by atoms with E-state index in [1.807, 2.05) is 27.7 Å². The second-order valence-electron chi connectivity index (χ2n) is 9.31. The fourth-order valence-electron chi connectivity index (χ4n) is 3.94. The van der Waals surface area contributed by atoms with Gasteiger partial charge in [-0.2, -0.15) is 0 Å². The number of ether oxygens (including phenoxy) is 3. The number of ketones is 1. The number of Topliss-reactive ketones (excluding diaryl/α,β-unsaturated/α-hetero) is 1. The Labute approximate surface area is 184 Å². The molecule has 0 bridgehead atoms. The molecule has 4 atom stereocenters. The Hall–Kier alpha value is -2.41.